The number of hydrogen-bond donors (Lipinski definition) is 0. The van der Waals surface area contributed by atoms with Gasteiger partial charge in [-0.25, -0.2) is 4.98 Å². The summed E-state index contributed by atoms with van der Waals surface area (Å²) in [6.45, 7) is 5.59. The number of piperazine rings is 1. The fourth-order valence-corrected chi connectivity index (χ4v) is 5.51. The summed E-state index contributed by atoms with van der Waals surface area (Å²) in [6, 6.07) is 18.1. The van der Waals surface area contributed by atoms with E-state index in [1.54, 1.807) is 28.8 Å². The minimum absolute atomic E-state index is 0.224. The molecular weight excluding hydrogens is 529 g/mol. The lowest BCUT2D eigenvalue weighted by atomic mass is 10.1. The van der Waals surface area contributed by atoms with Gasteiger partial charge in [0.1, 0.15) is 5.82 Å². The first-order valence-electron chi connectivity index (χ1n) is 12.2. The highest BCUT2D eigenvalue weighted by Gasteiger charge is 2.22. The van der Waals surface area contributed by atoms with Crippen molar-refractivity contribution in [1.82, 2.24) is 19.4 Å². The Kier molecular flexibility index (Phi) is 7.75. The molecule has 2 aromatic carbocycles. The fraction of sp³-hybridized carbons (Fsp3) is 0.286. The molecule has 0 spiro atoms. The van der Waals surface area contributed by atoms with E-state index < -0.39 is 0 Å². The third-order valence-corrected chi connectivity index (χ3v) is 7.67. The Morgan fingerprint density at radius 1 is 0.865 bits per heavy atom. The van der Waals surface area contributed by atoms with E-state index in [1.165, 1.54) is 6.07 Å². The summed E-state index contributed by atoms with van der Waals surface area (Å²) in [5.74, 6) is 0.789. The Labute approximate surface area is 231 Å². The Bertz CT molecular complexity index is 1480. The molecule has 1 aliphatic heterocycles. The summed E-state index contributed by atoms with van der Waals surface area (Å²) < 4.78 is 1.58. The number of aromatic nitrogens is 2. The number of nitrogens with zero attached hydrogens (tertiary/aromatic N) is 5. The van der Waals surface area contributed by atoms with Gasteiger partial charge in [0.2, 0.25) is 0 Å². The smallest absolute Gasteiger partial charge is 0.255 e. The normalized spacial score (nSPS) is 14.6. The van der Waals surface area contributed by atoms with Crippen LogP contribution in [-0.4, -0.2) is 72.7 Å². The van der Waals surface area contributed by atoms with Crippen molar-refractivity contribution in [3.8, 4) is 16.9 Å². The molecule has 9 heteroatoms. The molecule has 4 aromatic rings. The highest BCUT2D eigenvalue weighted by Crippen LogP contribution is 2.36. The van der Waals surface area contributed by atoms with Gasteiger partial charge in [-0.05, 0) is 38.4 Å². The van der Waals surface area contributed by atoms with Crippen LogP contribution in [-0.2, 0) is 0 Å². The van der Waals surface area contributed by atoms with Crippen molar-refractivity contribution in [2.45, 2.75) is 0 Å². The second-order valence-corrected chi connectivity index (χ2v) is 10.7. The summed E-state index contributed by atoms with van der Waals surface area (Å²) in [7, 11) is 4.19. The van der Waals surface area contributed by atoms with E-state index in [0.717, 1.165) is 56.0 Å². The summed E-state index contributed by atoms with van der Waals surface area (Å²) >= 11 is 19.8. The summed E-state index contributed by atoms with van der Waals surface area (Å²) in [5, 5.41) is 2.18. The monoisotopic (exact) mass is 555 g/mol. The predicted molar refractivity (Wildman–Crippen MR) is 155 cm³/mol. The Balaban J connectivity index is 1.68. The maximum Gasteiger partial charge on any atom is 0.255 e. The molecule has 0 amide bonds. The van der Waals surface area contributed by atoms with Crippen LogP contribution in [0.1, 0.15) is 0 Å². The van der Waals surface area contributed by atoms with Crippen LogP contribution in [0.2, 0.25) is 15.1 Å². The average Bonchev–Trinajstić information content (AvgIpc) is 2.88. The van der Waals surface area contributed by atoms with Gasteiger partial charge >= 0.3 is 0 Å². The number of fused-ring (bicyclic) bond motifs is 1. The van der Waals surface area contributed by atoms with Crippen LogP contribution in [0, 0.1) is 0 Å². The average molecular weight is 557 g/mol. The van der Waals surface area contributed by atoms with Crippen LogP contribution in [0.4, 0.5) is 5.82 Å². The molecule has 3 heterocycles. The van der Waals surface area contributed by atoms with Crippen molar-refractivity contribution >= 4 is 51.5 Å². The molecule has 0 bridgehead atoms. The number of para-hydroxylation sites is 1. The number of anilines is 1. The zero-order chi connectivity index (χ0) is 26.1. The quantitative estimate of drug-likeness (QED) is 0.305. The van der Waals surface area contributed by atoms with Crippen molar-refractivity contribution in [3.63, 3.8) is 0 Å². The lowest BCUT2D eigenvalue weighted by molar-refractivity contribution is 0.229. The standard InChI is InChI=1S/C28H28Cl3N5O/c1-33(2)12-13-34-14-16-35(17-15-34)25-18-24-20(27(32-25)19-6-3-4-7-21(19)29)10-11-26(37)36(24)28-22(30)8-5-9-23(28)31/h3-11,18H,12-17H2,1-2H3. The second kappa shape index (κ2) is 11.0. The van der Waals surface area contributed by atoms with Crippen LogP contribution in [0.3, 0.4) is 0 Å². The Morgan fingerprint density at radius 3 is 2.22 bits per heavy atom. The van der Waals surface area contributed by atoms with Crippen LogP contribution >= 0.6 is 34.8 Å². The maximum absolute atomic E-state index is 13.3. The number of likely N-dealkylation sites (N-methyl/N-ethyl adjacent to an activating group) is 1. The van der Waals surface area contributed by atoms with Gasteiger partial charge in [-0.15, -0.1) is 0 Å². The van der Waals surface area contributed by atoms with Gasteiger partial charge in [-0.2, -0.15) is 0 Å². The molecule has 37 heavy (non-hydrogen) atoms. The third-order valence-electron chi connectivity index (χ3n) is 6.73. The van der Waals surface area contributed by atoms with Crippen molar-refractivity contribution in [2.75, 3.05) is 58.3 Å². The summed E-state index contributed by atoms with van der Waals surface area (Å²) in [6.07, 6.45) is 0. The van der Waals surface area contributed by atoms with Gasteiger partial charge in [0.15, 0.2) is 0 Å². The topological polar surface area (TPSA) is 44.6 Å². The van der Waals surface area contributed by atoms with E-state index in [4.69, 9.17) is 39.8 Å². The highest BCUT2D eigenvalue weighted by atomic mass is 35.5. The number of pyridine rings is 2. The molecule has 0 aliphatic carbocycles. The van der Waals surface area contributed by atoms with Crippen LogP contribution < -0.4 is 10.5 Å². The van der Waals surface area contributed by atoms with Gasteiger partial charge in [-0.1, -0.05) is 59.1 Å². The van der Waals surface area contributed by atoms with Crippen molar-refractivity contribution in [1.29, 1.82) is 0 Å². The van der Waals surface area contributed by atoms with Crippen LogP contribution in [0.15, 0.2) is 65.5 Å². The molecule has 0 saturated carbocycles. The Morgan fingerprint density at radius 2 is 1.54 bits per heavy atom. The summed E-state index contributed by atoms with van der Waals surface area (Å²) in [5.41, 5.74) is 2.43. The molecule has 2 aromatic heterocycles. The van der Waals surface area contributed by atoms with Crippen molar-refractivity contribution in [3.05, 3.63) is 86.1 Å². The SMILES string of the molecule is CN(C)CCN1CCN(c2cc3c(ccc(=O)n3-c3c(Cl)cccc3Cl)c(-c3ccccc3Cl)n2)CC1. The number of rotatable bonds is 6. The molecule has 0 N–H and O–H groups in total. The first-order chi connectivity index (χ1) is 17.8. The molecular formula is C28H28Cl3N5O. The molecule has 0 unspecified atom stereocenters. The number of halogens is 3. The molecule has 6 nitrogen and oxygen atoms in total. The van der Waals surface area contributed by atoms with Gasteiger partial charge in [0, 0.05) is 67.4 Å². The molecule has 0 radical (unpaired) electrons. The zero-order valence-corrected chi connectivity index (χ0v) is 23.1. The van der Waals surface area contributed by atoms with E-state index in [1.807, 2.05) is 30.3 Å². The van der Waals surface area contributed by atoms with Gasteiger partial charge < -0.3 is 9.80 Å². The lowest BCUT2D eigenvalue weighted by Crippen LogP contribution is -2.48. The minimum atomic E-state index is -0.224. The third kappa shape index (κ3) is 5.35. The predicted octanol–water partition coefficient (Wildman–Crippen LogP) is 5.70. The van der Waals surface area contributed by atoms with Crippen LogP contribution in [0.25, 0.3) is 27.8 Å². The molecule has 1 aliphatic rings. The van der Waals surface area contributed by atoms with E-state index >= 15 is 0 Å². The summed E-state index contributed by atoms with van der Waals surface area (Å²) in [4.78, 5) is 25.3. The number of hydrogen-bond acceptors (Lipinski definition) is 5. The van der Waals surface area contributed by atoms with Gasteiger partial charge in [0.05, 0.1) is 26.9 Å². The van der Waals surface area contributed by atoms with E-state index in [9.17, 15) is 4.79 Å². The largest absolute Gasteiger partial charge is 0.354 e. The van der Waals surface area contributed by atoms with E-state index in [0.29, 0.717) is 32.0 Å². The first kappa shape index (κ1) is 26.0. The van der Waals surface area contributed by atoms with Gasteiger partial charge in [0.25, 0.3) is 5.56 Å². The van der Waals surface area contributed by atoms with Gasteiger partial charge in [-0.3, -0.25) is 14.3 Å². The van der Waals surface area contributed by atoms with Crippen LogP contribution in [0.5, 0.6) is 0 Å². The number of benzene rings is 2. The maximum atomic E-state index is 13.3. The molecule has 1 fully saturated rings. The molecule has 5 rings (SSSR count). The van der Waals surface area contributed by atoms with E-state index in [-0.39, 0.29) is 5.56 Å². The molecule has 1 saturated heterocycles. The fourth-order valence-electron chi connectivity index (χ4n) is 4.72. The highest BCUT2D eigenvalue weighted by molar-refractivity contribution is 6.38. The molecule has 192 valence electrons. The zero-order valence-electron chi connectivity index (χ0n) is 20.8. The van der Waals surface area contributed by atoms with Crippen molar-refractivity contribution in [2.24, 2.45) is 0 Å². The second-order valence-electron chi connectivity index (χ2n) is 9.45. The molecule has 0 atom stereocenters. The Hall–Kier alpha value is -2.61. The van der Waals surface area contributed by atoms with E-state index in [2.05, 4.69) is 28.8 Å². The van der Waals surface area contributed by atoms with Crippen molar-refractivity contribution < 1.29 is 0 Å². The minimum Gasteiger partial charge on any atom is -0.354 e. The lowest BCUT2D eigenvalue weighted by Gasteiger charge is -2.36. The first-order valence-corrected chi connectivity index (χ1v) is 13.3.